The van der Waals surface area contributed by atoms with Crippen LogP contribution in [-0.2, 0) is 13.6 Å². The maximum Gasteiger partial charge on any atom is 0.194 e. The van der Waals surface area contributed by atoms with Crippen molar-refractivity contribution in [1.82, 2.24) is 14.8 Å². The molecule has 1 aromatic rings. The molecule has 1 rings (SSSR count). The van der Waals surface area contributed by atoms with Crippen LogP contribution in [-0.4, -0.2) is 35.6 Å². The Labute approximate surface area is 148 Å². The second-order valence-electron chi connectivity index (χ2n) is 5.21. The molecule has 0 amide bonds. The Hall–Kier alpha value is -0.240. The molecule has 0 atom stereocenters. The largest absolute Gasteiger partial charge is 0.357 e. The molecule has 0 saturated heterocycles. The standard InChI is InChI=1S/C14H25BrN4.HI/c1-6-16-14(17-8-11(2)3)19(5)10-13-7-12(15)9-18(13)4;/h7,9,11H,6,8,10H2,1-5H3,(H,16,17);1H. The molecule has 0 saturated carbocycles. The molecule has 20 heavy (non-hydrogen) atoms. The predicted octanol–water partition coefficient (Wildman–Crippen LogP) is 3.46. The lowest BCUT2D eigenvalue weighted by Crippen LogP contribution is -2.39. The fraction of sp³-hybridized carbons (Fsp3) is 0.643. The van der Waals surface area contributed by atoms with Gasteiger partial charge in [0.15, 0.2) is 5.96 Å². The van der Waals surface area contributed by atoms with Gasteiger partial charge in [-0.15, -0.1) is 24.0 Å². The lowest BCUT2D eigenvalue weighted by Gasteiger charge is -2.22. The summed E-state index contributed by atoms with van der Waals surface area (Å²) in [6.45, 7) is 9.04. The number of aromatic nitrogens is 1. The van der Waals surface area contributed by atoms with Crippen LogP contribution in [0.4, 0.5) is 0 Å². The van der Waals surface area contributed by atoms with Crippen LogP contribution in [0.5, 0.6) is 0 Å². The zero-order chi connectivity index (χ0) is 14.4. The van der Waals surface area contributed by atoms with Gasteiger partial charge in [0, 0.05) is 43.5 Å². The van der Waals surface area contributed by atoms with Gasteiger partial charge in [-0.3, -0.25) is 4.99 Å². The minimum atomic E-state index is 0. The van der Waals surface area contributed by atoms with Crippen molar-refractivity contribution in [1.29, 1.82) is 0 Å². The highest BCUT2D eigenvalue weighted by Gasteiger charge is 2.09. The van der Waals surface area contributed by atoms with E-state index < -0.39 is 0 Å². The summed E-state index contributed by atoms with van der Waals surface area (Å²) in [7, 11) is 4.13. The summed E-state index contributed by atoms with van der Waals surface area (Å²) in [5.74, 6) is 1.54. The van der Waals surface area contributed by atoms with Gasteiger partial charge < -0.3 is 14.8 Å². The number of guanidine groups is 1. The first-order chi connectivity index (χ1) is 8.93. The van der Waals surface area contributed by atoms with Crippen LogP contribution < -0.4 is 5.32 Å². The molecule has 1 heterocycles. The molecular formula is C14H26BrIN4. The van der Waals surface area contributed by atoms with E-state index in [4.69, 9.17) is 0 Å². The number of nitrogens with one attached hydrogen (secondary N) is 1. The van der Waals surface area contributed by atoms with E-state index in [2.05, 4.69) is 82.8 Å². The van der Waals surface area contributed by atoms with Gasteiger partial charge in [0.05, 0.1) is 6.54 Å². The SMILES string of the molecule is CCNC(=NCC(C)C)N(C)Cc1cc(Br)cn1C.I. The molecule has 0 unspecified atom stereocenters. The average Bonchev–Trinajstić information content (AvgIpc) is 2.62. The molecule has 0 aliphatic carbocycles. The minimum Gasteiger partial charge on any atom is -0.357 e. The van der Waals surface area contributed by atoms with E-state index in [1.165, 1.54) is 5.69 Å². The van der Waals surface area contributed by atoms with Crippen molar-refractivity contribution >= 4 is 45.9 Å². The summed E-state index contributed by atoms with van der Waals surface area (Å²) >= 11 is 3.51. The molecule has 0 spiro atoms. The van der Waals surface area contributed by atoms with Crippen LogP contribution in [0, 0.1) is 5.92 Å². The smallest absolute Gasteiger partial charge is 0.194 e. The summed E-state index contributed by atoms with van der Waals surface area (Å²) in [5.41, 5.74) is 1.25. The van der Waals surface area contributed by atoms with E-state index >= 15 is 0 Å². The zero-order valence-corrected chi connectivity index (χ0v) is 16.9. The number of rotatable bonds is 5. The van der Waals surface area contributed by atoms with E-state index in [0.29, 0.717) is 5.92 Å². The molecule has 4 nitrogen and oxygen atoms in total. The Bertz CT molecular complexity index is 429. The molecule has 1 N–H and O–H groups in total. The summed E-state index contributed by atoms with van der Waals surface area (Å²) in [4.78, 5) is 6.82. The van der Waals surface area contributed by atoms with E-state index in [1.807, 2.05) is 0 Å². The highest BCUT2D eigenvalue weighted by Crippen LogP contribution is 2.15. The molecule has 0 radical (unpaired) electrons. The predicted molar refractivity (Wildman–Crippen MR) is 101 cm³/mol. The Balaban J connectivity index is 0.00000361. The number of halogens is 2. The Kier molecular flexibility index (Phi) is 9.54. The van der Waals surface area contributed by atoms with Crippen molar-refractivity contribution in [2.75, 3.05) is 20.1 Å². The number of hydrogen-bond acceptors (Lipinski definition) is 1. The highest BCUT2D eigenvalue weighted by molar-refractivity contribution is 14.0. The third-order valence-electron chi connectivity index (χ3n) is 2.78. The van der Waals surface area contributed by atoms with Crippen LogP contribution in [0.3, 0.4) is 0 Å². The van der Waals surface area contributed by atoms with Gasteiger partial charge in [-0.1, -0.05) is 13.8 Å². The fourth-order valence-electron chi connectivity index (χ4n) is 1.78. The number of aliphatic imine (C=N–C) groups is 1. The Morgan fingerprint density at radius 1 is 1.50 bits per heavy atom. The topological polar surface area (TPSA) is 32.6 Å². The van der Waals surface area contributed by atoms with Crippen molar-refractivity contribution in [2.24, 2.45) is 18.0 Å². The second kappa shape index (κ2) is 9.65. The number of nitrogens with zero attached hydrogens (tertiary/aromatic N) is 3. The lowest BCUT2D eigenvalue weighted by atomic mass is 10.2. The zero-order valence-electron chi connectivity index (χ0n) is 13.0. The van der Waals surface area contributed by atoms with Gasteiger partial charge in [0.1, 0.15) is 0 Å². The third-order valence-corrected chi connectivity index (χ3v) is 3.21. The number of hydrogen-bond donors (Lipinski definition) is 1. The first-order valence-electron chi connectivity index (χ1n) is 6.74. The van der Waals surface area contributed by atoms with Crippen LogP contribution in [0.2, 0.25) is 0 Å². The van der Waals surface area contributed by atoms with Crippen LogP contribution >= 0.6 is 39.9 Å². The summed E-state index contributed by atoms with van der Waals surface area (Å²) in [5, 5.41) is 3.34. The molecule has 0 aliphatic rings. The van der Waals surface area contributed by atoms with E-state index in [-0.39, 0.29) is 24.0 Å². The maximum atomic E-state index is 4.66. The van der Waals surface area contributed by atoms with E-state index in [0.717, 1.165) is 30.1 Å². The first-order valence-corrected chi connectivity index (χ1v) is 7.53. The Morgan fingerprint density at radius 3 is 2.60 bits per heavy atom. The van der Waals surface area contributed by atoms with Gasteiger partial charge >= 0.3 is 0 Å². The van der Waals surface area contributed by atoms with Crippen LogP contribution in [0.15, 0.2) is 21.7 Å². The normalized spacial score (nSPS) is 11.4. The summed E-state index contributed by atoms with van der Waals surface area (Å²) in [6.07, 6.45) is 2.07. The monoisotopic (exact) mass is 456 g/mol. The molecule has 0 aromatic carbocycles. The van der Waals surface area contributed by atoms with Gasteiger partial charge in [-0.2, -0.15) is 0 Å². The van der Waals surface area contributed by atoms with Gasteiger partial charge in [-0.05, 0) is 34.8 Å². The number of aryl methyl sites for hydroxylation is 1. The van der Waals surface area contributed by atoms with Crippen molar-refractivity contribution in [2.45, 2.75) is 27.3 Å². The highest BCUT2D eigenvalue weighted by atomic mass is 127. The fourth-order valence-corrected chi connectivity index (χ4v) is 2.35. The minimum absolute atomic E-state index is 0. The molecular weight excluding hydrogens is 431 g/mol. The van der Waals surface area contributed by atoms with Crippen molar-refractivity contribution in [3.8, 4) is 0 Å². The van der Waals surface area contributed by atoms with Crippen molar-refractivity contribution in [3.05, 3.63) is 22.4 Å². The van der Waals surface area contributed by atoms with Crippen LogP contribution in [0.25, 0.3) is 0 Å². The Morgan fingerprint density at radius 2 is 2.15 bits per heavy atom. The third kappa shape index (κ3) is 6.47. The van der Waals surface area contributed by atoms with Crippen molar-refractivity contribution < 1.29 is 0 Å². The molecule has 0 fully saturated rings. The quantitative estimate of drug-likeness (QED) is 0.418. The van der Waals surface area contributed by atoms with Gasteiger partial charge in [0.2, 0.25) is 0 Å². The van der Waals surface area contributed by atoms with Crippen molar-refractivity contribution in [3.63, 3.8) is 0 Å². The maximum absolute atomic E-state index is 4.66. The molecule has 1 aromatic heterocycles. The van der Waals surface area contributed by atoms with E-state index in [9.17, 15) is 0 Å². The molecule has 0 aliphatic heterocycles. The van der Waals surface area contributed by atoms with Gasteiger partial charge in [0.25, 0.3) is 0 Å². The van der Waals surface area contributed by atoms with Crippen LogP contribution in [0.1, 0.15) is 26.5 Å². The molecule has 0 bridgehead atoms. The lowest BCUT2D eigenvalue weighted by molar-refractivity contribution is 0.459. The van der Waals surface area contributed by atoms with Gasteiger partial charge in [-0.25, -0.2) is 0 Å². The first kappa shape index (κ1) is 19.8. The second-order valence-corrected chi connectivity index (χ2v) is 6.12. The molecule has 116 valence electrons. The average molecular weight is 457 g/mol. The van der Waals surface area contributed by atoms with E-state index in [1.54, 1.807) is 0 Å². The molecule has 6 heteroatoms. The summed E-state index contributed by atoms with van der Waals surface area (Å²) in [6, 6.07) is 2.14. The summed E-state index contributed by atoms with van der Waals surface area (Å²) < 4.78 is 3.24.